The highest BCUT2D eigenvalue weighted by molar-refractivity contribution is 5.82. The van der Waals surface area contributed by atoms with Gasteiger partial charge in [0.1, 0.15) is 34.3 Å². The molecule has 0 unspecified atom stereocenters. The van der Waals surface area contributed by atoms with E-state index in [1.54, 1.807) is 18.3 Å². The molecule has 0 radical (unpaired) electrons. The van der Waals surface area contributed by atoms with Gasteiger partial charge in [0.2, 0.25) is 0 Å². The van der Waals surface area contributed by atoms with Crippen molar-refractivity contribution >= 4 is 5.65 Å². The quantitative estimate of drug-likeness (QED) is 0.164. The zero-order valence-electron chi connectivity index (χ0n) is 25.5. The molecule has 0 aliphatic carbocycles. The van der Waals surface area contributed by atoms with Crippen molar-refractivity contribution in [2.45, 2.75) is 5.54 Å². The molecule has 0 saturated heterocycles. The lowest BCUT2D eigenvalue weighted by molar-refractivity contribution is 0.460. The monoisotopic (exact) mass is 632 g/mol. The number of nitrogens with zero attached hydrogens (tertiary/aromatic N) is 4. The third-order valence-corrected chi connectivity index (χ3v) is 8.79. The summed E-state index contributed by atoms with van der Waals surface area (Å²) in [6, 6.07) is 43.7. The van der Waals surface area contributed by atoms with E-state index >= 15 is 8.78 Å². The molecule has 0 atom stereocenters. The SMILES string of the molecule is Fc1ccc(-c2cnc3ccc(-c4cn(C(c5ccccc5)(c5ccccc5)c5ccccc5)nc4-c4c(F)cccc4F)cn23)cc1. The molecule has 0 bridgehead atoms. The Balaban J connectivity index is 1.45. The molecular weight excluding hydrogens is 605 g/mol. The molecule has 0 aliphatic heterocycles. The van der Waals surface area contributed by atoms with Gasteiger partial charge in [-0.3, -0.25) is 9.08 Å². The number of benzene rings is 5. The van der Waals surface area contributed by atoms with E-state index in [-0.39, 0.29) is 17.1 Å². The van der Waals surface area contributed by atoms with Crippen molar-refractivity contribution in [2.24, 2.45) is 0 Å². The minimum atomic E-state index is -1.02. The van der Waals surface area contributed by atoms with E-state index in [1.165, 1.54) is 30.3 Å². The number of imidazole rings is 1. The Morgan fingerprint density at radius 3 is 1.62 bits per heavy atom. The fraction of sp³-hybridized carbons (Fsp3) is 0.0244. The number of pyridine rings is 1. The third kappa shape index (κ3) is 4.79. The van der Waals surface area contributed by atoms with E-state index in [9.17, 15) is 4.39 Å². The highest BCUT2D eigenvalue weighted by atomic mass is 19.1. The van der Waals surface area contributed by atoms with Gasteiger partial charge in [0, 0.05) is 29.1 Å². The van der Waals surface area contributed by atoms with E-state index in [1.807, 2.05) is 125 Å². The van der Waals surface area contributed by atoms with E-state index in [0.29, 0.717) is 16.8 Å². The molecule has 0 fully saturated rings. The number of rotatable bonds is 7. The summed E-state index contributed by atoms with van der Waals surface area (Å²) in [7, 11) is 0. The molecule has 3 aromatic heterocycles. The summed E-state index contributed by atoms with van der Waals surface area (Å²) in [6.45, 7) is 0. The van der Waals surface area contributed by atoms with Crippen LogP contribution in [0.3, 0.4) is 0 Å². The van der Waals surface area contributed by atoms with Crippen molar-refractivity contribution in [1.29, 1.82) is 0 Å². The highest BCUT2D eigenvalue weighted by Gasteiger charge is 2.40. The second-order valence-electron chi connectivity index (χ2n) is 11.5. The Hall–Kier alpha value is -6.21. The van der Waals surface area contributed by atoms with Crippen LogP contribution >= 0.6 is 0 Å². The number of aromatic nitrogens is 4. The maximum atomic E-state index is 15.7. The average molecular weight is 633 g/mol. The van der Waals surface area contributed by atoms with Gasteiger partial charge in [0.15, 0.2) is 0 Å². The molecule has 0 amide bonds. The molecule has 5 aromatic carbocycles. The third-order valence-electron chi connectivity index (χ3n) is 8.79. The van der Waals surface area contributed by atoms with Crippen LogP contribution < -0.4 is 0 Å². The number of hydrogen-bond acceptors (Lipinski definition) is 2. The second kappa shape index (κ2) is 11.9. The predicted molar refractivity (Wildman–Crippen MR) is 182 cm³/mol. The molecular formula is C41H27F3N4. The van der Waals surface area contributed by atoms with E-state index in [4.69, 9.17) is 5.10 Å². The van der Waals surface area contributed by atoms with Crippen molar-refractivity contribution in [3.8, 4) is 33.6 Å². The van der Waals surface area contributed by atoms with Gasteiger partial charge in [-0.1, -0.05) is 97.1 Å². The molecule has 3 heterocycles. The predicted octanol–water partition coefficient (Wildman–Crippen LogP) is 9.79. The van der Waals surface area contributed by atoms with Crippen molar-refractivity contribution in [1.82, 2.24) is 19.2 Å². The number of halogens is 3. The first-order valence-corrected chi connectivity index (χ1v) is 15.5. The van der Waals surface area contributed by atoms with Crippen LogP contribution in [0.2, 0.25) is 0 Å². The van der Waals surface area contributed by atoms with Gasteiger partial charge in [0.25, 0.3) is 0 Å². The Kier molecular flexibility index (Phi) is 7.22. The van der Waals surface area contributed by atoms with Crippen LogP contribution in [0.1, 0.15) is 16.7 Å². The van der Waals surface area contributed by atoms with Gasteiger partial charge in [-0.25, -0.2) is 18.2 Å². The molecule has 0 aliphatic rings. The molecule has 232 valence electrons. The first-order chi connectivity index (χ1) is 23.5. The summed E-state index contributed by atoms with van der Waals surface area (Å²) in [5, 5.41) is 5.11. The first kappa shape index (κ1) is 29.2. The van der Waals surface area contributed by atoms with Gasteiger partial charge in [-0.2, -0.15) is 5.10 Å². The van der Waals surface area contributed by atoms with Crippen LogP contribution in [-0.2, 0) is 5.54 Å². The lowest BCUT2D eigenvalue weighted by Gasteiger charge is -2.36. The Bertz CT molecular complexity index is 2250. The van der Waals surface area contributed by atoms with Crippen molar-refractivity contribution in [2.75, 3.05) is 0 Å². The van der Waals surface area contributed by atoms with Crippen LogP contribution in [0.15, 0.2) is 164 Å². The zero-order valence-corrected chi connectivity index (χ0v) is 25.5. The summed E-state index contributed by atoms with van der Waals surface area (Å²) >= 11 is 0. The molecule has 0 saturated carbocycles. The van der Waals surface area contributed by atoms with Crippen molar-refractivity contribution < 1.29 is 13.2 Å². The first-order valence-electron chi connectivity index (χ1n) is 15.5. The fourth-order valence-electron chi connectivity index (χ4n) is 6.57. The van der Waals surface area contributed by atoms with Gasteiger partial charge >= 0.3 is 0 Å². The van der Waals surface area contributed by atoms with E-state index in [2.05, 4.69) is 4.98 Å². The summed E-state index contributed by atoms with van der Waals surface area (Å²) in [5.41, 5.74) is 5.02. The molecule has 8 rings (SSSR count). The van der Waals surface area contributed by atoms with E-state index in [0.717, 1.165) is 27.9 Å². The van der Waals surface area contributed by atoms with Crippen LogP contribution in [0.25, 0.3) is 39.3 Å². The summed E-state index contributed by atoms with van der Waals surface area (Å²) in [5.74, 6) is -1.78. The fourth-order valence-corrected chi connectivity index (χ4v) is 6.57. The summed E-state index contributed by atoms with van der Waals surface area (Å²) in [6.07, 6.45) is 5.46. The molecule has 7 heteroatoms. The van der Waals surface area contributed by atoms with Crippen LogP contribution in [0, 0.1) is 17.5 Å². The maximum Gasteiger partial charge on any atom is 0.138 e. The van der Waals surface area contributed by atoms with Crippen molar-refractivity contribution in [3.05, 3.63) is 198 Å². The molecule has 0 spiro atoms. The molecule has 0 N–H and O–H groups in total. The standard InChI is InChI=1S/C41H27F3N4/c42-33-22-19-28(20-23-33)37-25-45-38-24-21-29(26-47(37)38)34-27-48(46-40(34)39-35(43)17-10-18-36(39)44)41(30-11-4-1-5-12-30,31-13-6-2-7-14-31)32-15-8-3-9-16-32/h1-27H. The van der Waals surface area contributed by atoms with Gasteiger partial charge < -0.3 is 0 Å². The topological polar surface area (TPSA) is 35.1 Å². The highest BCUT2D eigenvalue weighted by Crippen LogP contribution is 2.44. The summed E-state index contributed by atoms with van der Waals surface area (Å²) in [4.78, 5) is 4.55. The molecule has 4 nitrogen and oxygen atoms in total. The lowest BCUT2D eigenvalue weighted by Crippen LogP contribution is -2.38. The van der Waals surface area contributed by atoms with Gasteiger partial charge in [-0.05, 0) is 65.2 Å². The summed E-state index contributed by atoms with van der Waals surface area (Å²) < 4.78 is 48.9. The van der Waals surface area contributed by atoms with E-state index < -0.39 is 17.2 Å². The Morgan fingerprint density at radius 1 is 0.521 bits per heavy atom. The largest absolute Gasteiger partial charge is 0.299 e. The minimum Gasteiger partial charge on any atom is -0.299 e. The Morgan fingerprint density at radius 2 is 1.06 bits per heavy atom. The van der Waals surface area contributed by atoms with Crippen molar-refractivity contribution in [3.63, 3.8) is 0 Å². The van der Waals surface area contributed by atoms with Crippen LogP contribution in [0.4, 0.5) is 13.2 Å². The van der Waals surface area contributed by atoms with Crippen LogP contribution in [-0.4, -0.2) is 19.2 Å². The number of hydrogen-bond donors (Lipinski definition) is 0. The van der Waals surface area contributed by atoms with Crippen LogP contribution in [0.5, 0.6) is 0 Å². The smallest absolute Gasteiger partial charge is 0.138 e. The molecule has 48 heavy (non-hydrogen) atoms. The normalized spacial score (nSPS) is 11.6. The van der Waals surface area contributed by atoms with Gasteiger partial charge in [0.05, 0.1) is 17.5 Å². The minimum absolute atomic E-state index is 0.153. The molecule has 8 aromatic rings. The number of fused-ring (bicyclic) bond motifs is 1. The second-order valence-corrected chi connectivity index (χ2v) is 11.5. The van der Waals surface area contributed by atoms with Gasteiger partial charge in [-0.15, -0.1) is 0 Å². The Labute approximate surface area is 275 Å². The lowest BCUT2D eigenvalue weighted by atomic mass is 9.77. The maximum absolute atomic E-state index is 15.7. The zero-order chi connectivity index (χ0) is 32.7. The average Bonchev–Trinajstić information content (AvgIpc) is 3.75.